The predicted octanol–water partition coefficient (Wildman–Crippen LogP) is 1.79. The Hall–Kier alpha value is -1.92. The standard InChI is InChI=1S/C17H23N5O/c18-15(13-6-2-1-3-7-13)16-19-20-17(23-16)22-11-5-10-21-9-4-8-14(21)12-22/h1-3,6-7,14-15H,4-5,8-12,18H2/t14-,15+/m0/s1. The number of fused-ring (bicyclic) bond motifs is 1. The average Bonchev–Trinajstić information content (AvgIpc) is 3.20. The number of anilines is 1. The van der Waals surface area contributed by atoms with Crippen molar-refractivity contribution in [2.24, 2.45) is 5.73 Å². The minimum Gasteiger partial charge on any atom is -0.406 e. The Kier molecular flexibility index (Phi) is 4.01. The first-order valence-corrected chi connectivity index (χ1v) is 8.44. The fourth-order valence-corrected chi connectivity index (χ4v) is 3.66. The first-order valence-electron chi connectivity index (χ1n) is 8.44. The fourth-order valence-electron chi connectivity index (χ4n) is 3.66. The Labute approximate surface area is 136 Å². The molecule has 0 amide bonds. The van der Waals surface area contributed by atoms with E-state index in [0.717, 1.165) is 25.1 Å². The second kappa shape index (κ2) is 6.29. The largest absolute Gasteiger partial charge is 0.406 e. The lowest BCUT2D eigenvalue weighted by Crippen LogP contribution is -2.36. The van der Waals surface area contributed by atoms with Crippen LogP contribution in [0, 0.1) is 0 Å². The third kappa shape index (κ3) is 2.96. The maximum atomic E-state index is 6.25. The van der Waals surface area contributed by atoms with Gasteiger partial charge in [0.1, 0.15) is 6.04 Å². The third-order valence-electron chi connectivity index (χ3n) is 4.93. The summed E-state index contributed by atoms with van der Waals surface area (Å²) < 4.78 is 5.90. The predicted molar refractivity (Wildman–Crippen MR) is 88.2 cm³/mol. The molecule has 4 rings (SSSR count). The van der Waals surface area contributed by atoms with Crippen LogP contribution in [0.3, 0.4) is 0 Å². The molecule has 2 aliphatic rings. The number of aromatic nitrogens is 2. The van der Waals surface area contributed by atoms with Gasteiger partial charge in [-0.2, -0.15) is 0 Å². The topological polar surface area (TPSA) is 71.4 Å². The normalized spacial score (nSPS) is 23.5. The molecule has 2 aliphatic heterocycles. The molecule has 6 nitrogen and oxygen atoms in total. The maximum Gasteiger partial charge on any atom is 0.318 e. The second-order valence-electron chi connectivity index (χ2n) is 6.44. The van der Waals surface area contributed by atoms with Crippen molar-refractivity contribution in [3.05, 3.63) is 41.8 Å². The number of benzene rings is 1. The molecule has 0 radical (unpaired) electrons. The zero-order chi connectivity index (χ0) is 15.6. The molecule has 2 saturated heterocycles. The van der Waals surface area contributed by atoms with Crippen LogP contribution in [0.4, 0.5) is 6.01 Å². The highest BCUT2D eigenvalue weighted by Crippen LogP contribution is 2.26. The lowest BCUT2D eigenvalue weighted by Gasteiger charge is -2.24. The fraction of sp³-hybridized carbons (Fsp3) is 0.529. The van der Waals surface area contributed by atoms with Gasteiger partial charge >= 0.3 is 6.01 Å². The van der Waals surface area contributed by atoms with Gasteiger partial charge in [0.2, 0.25) is 5.89 Å². The minimum absolute atomic E-state index is 0.368. The van der Waals surface area contributed by atoms with Crippen LogP contribution >= 0.6 is 0 Å². The number of rotatable bonds is 3. The van der Waals surface area contributed by atoms with Gasteiger partial charge in [0.25, 0.3) is 0 Å². The highest BCUT2D eigenvalue weighted by molar-refractivity contribution is 5.28. The summed E-state index contributed by atoms with van der Waals surface area (Å²) in [7, 11) is 0. The van der Waals surface area contributed by atoms with Gasteiger partial charge in [-0.3, -0.25) is 4.90 Å². The first-order chi connectivity index (χ1) is 11.3. The molecule has 6 heteroatoms. The highest BCUT2D eigenvalue weighted by Gasteiger charge is 2.30. The monoisotopic (exact) mass is 313 g/mol. The van der Waals surface area contributed by atoms with Gasteiger partial charge in [-0.15, -0.1) is 5.10 Å². The van der Waals surface area contributed by atoms with Crippen LogP contribution in [0.15, 0.2) is 34.7 Å². The molecule has 0 bridgehead atoms. The SMILES string of the molecule is N[C@H](c1ccccc1)c1nnc(N2CCCN3CCC[C@H]3C2)o1. The smallest absolute Gasteiger partial charge is 0.318 e. The summed E-state index contributed by atoms with van der Waals surface area (Å²) in [5.41, 5.74) is 7.24. The van der Waals surface area contributed by atoms with E-state index < -0.39 is 0 Å². The van der Waals surface area contributed by atoms with Crippen LogP contribution in [0.25, 0.3) is 0 Å². The molecule has 0 saturated carbocycles. The van der Waals surface area contributed by atoms with Crippen molar-refractivity contribution >= 4 is 6.01 Å². The van der Waals surface area contributed by atoms with Gasteiger partial charge in [0.15, 0.2) is 0 Å². The Balaban J connectivity index is 1.51. The average molecular weight is 313 g/mol. The molecule has 2 aromatic rings. The van der Waals surface area contributed by atoms with E-state index in [1.54, 1.807) is 0 Å². The number of nitrogens with two attached hydrogens (primary N) is 1. The van der Waals surface area contributed by atoms with Crippen LogP contribution in [-0.4, -0.2) is 47.3 Å². The van der Waals surface area contributed by atoms with E-state index in [1.165, 1.54) is 25.9 Å². The Morgan fingerprint density at radius 2 is 1.91 bits per heavy atom. The Morgan fingerprint density at radius 1 is 1.09 bits per heavy atom. The summed E-state index contributed by atoms with van der Waals surface area (Å²) in [6.07, 6.45) is 3.70. The van der Waals surface area contributed by atoms with E-state index in [9.17, 15) is 0 Å². The quantitative estimate of drug-likeness (QED) is 0.931. The molecule has 0 aliphatic carbocycles. The molecule has 0 unspecified atom stereocenters. The molecule has 1 aromatic heterocycles. The van der Waals surface area contributed by atoms with E-state index in [0.29, 0.717) is 17.9 Å². The van der Waals surface area contributed by atoms with Gasteiger partial charge < -0.3 is 15.1 Å². The summed E-state index contributed by atoms with van der Waals surface area (Å²) in [5.74, 6) is 0.485. The number of hydrogen-bond acceptors (Lipinski definition) is 6. The van der Waals surface area contributed by atoms with Crippen molar-refractivity contribution in [3.63, 3.8) is 0 Å². The van der Waals surface area contributed by atoms with Crippen molar-refractivity contribution in [1.29, 1.82) is 0 Å². The van der Waals surface area contributed by atoms with Gasteiger partial charge in [0.05, 0.1) is 0 Å². The lowest BCUT2D eigenvalue weighted by molar-refractivity contribution is 0.272. The van der Waals surface area contributed by atoms with E-state index in [2.05, 4.69) is 20.0 Å². The molecule has 2 N–H and O–H groups in total. The highest BCUT2D eigenvalue weighted by atomic mass is 16.4. The maximum absolute atomic E-state index is 6.25. The molecular weight excluding hydrogens is 290 g/mol. The van der Waals surface area contributed by atoms with Crippen molar-refractivity contribution in [2.45, 2.75) is 31.3 Å². The van der Waals surface area contributed by atoms with E-state index in [4.69, 9.17) is 10.2 Å². The van der Waals surface area contributed by atoms with Gasteiger partial charge in [-0.05, 0) is 31.4 Å². The van der Waals surface area contributed by atoms with Crippen LogP contribution < -0.4 is 10.6 Å². The van der Waals surface area contributed by atoms with Crippen molar-refractivity contribution < 1.29 is 4.42 Å². The lowest BCUT2D eigenvalue weighted by atomic mass is 10.1. The van der Waals surface area contributed by atoms with Gasteiger partial charge in [0, 0.05) is 25.7 Å². The summed E-state index contributed by atoms with van der Waals surface area (Å²) in [5, 5.41) is 8.44. The van der Waals surface area contributed by atoms with Gasteiger partial charge in [-0.25, -0.2) is 0 Å². The zero-order valence-electron chi connectivity index (χ0n) is 13.3. The minimum atomic E-state index is -0.368. The molecule has 2 fully saturated rings. The van der Waals surface area contributed by atoms with Crippen molar-refractivity contribution in [3.8, 4) is 0 Å². The van der Waals surface area contributed by atoms with Crippen LogP contribution in [0.2, 0.25) is 0 Å². The molecule has 2 atom stereocenters. The van der Waals surface area contributed by atoms with Crippen molar-refractivity contribution in [1.82, 2.24) is 15.1 Å². The number of nitrogens with zero attached hydrogens (tertiary/aromatic N) is 4. The summed E-state index contributed by atoms with van der Waals surface area (Å²) >= 11 is 0. The van der Waals surface area contributed by atoms with Crippen LogP contribution in [0.5, 0.6) is 0 Å². The van der Waals surface area contributed by atoms with E-state index in [1.807, 2.05) is 30.3 Å². The third-order valence-corrected chi connectivity index (χ3v) is 4.93. The summed E-state index contributed by atoms with van der Waals surface area (Å²) in [6.45, 7) is 4.34. The van der Waals surface area contributed by atoms with E-state index >= 15 is 0 Å². The zero-order valence-corrected chi connectivity index (χ0v) is 13.3. The molecule has 23 heavy (non-hydrogen) atoms. The number of hydrogen-bond donors (Lipinski definition) is 1. The molecule has 3 heterocycles. The van der Waals surface area contributed by atoms with Gasteiger partial charge in [-0.1, -0.05) is 35.4 Å². The Morgan fingerprint density at radius 3 is 2.78 bits per heavy atom. The first kappa shape index (κ1) is 14.7. The van der Waals surface area contributed by atoms with E-state index in [-0.39, 0.29) is 6.04 Å². The summed E-state index contributed by atoms with van der Waals surface area (Å²) in [6, 6.07) is 10.7. The second-order valence-corrected chi connectivity index (χ2v) is 6.44. The molecule has 122 valence electrons. The molecule has 1 aromatic carbocycles. The van der Waals surface area contributed by atoms with Crippen molar-refractivity contribution in [2.75, 3.05) is 31.1 Å². The summed E-state index contributed by atoms with van der Waals surface area (Å²) in [4.78, 5) is 4.82. The molecule has 0 spiro atoms. The van der Waals surface area contributed by atoms with Crippen LogP contribution in [0.1, 0.15) is 36.8 Å². The Bertz CT molecular complexity index is 643. The molecular formula is C17H23N5O. The van der Waals surface area contributed by atoms with Crippen LogP contribution in [-0.2, 0) is 0 Å².